The number of hydrogen-bond donors (Lipinski definition) is 3. The number of amides is 2. The maximum Gasteiger partial charge on any atom is 0.417 e. The minimum Gasteiger partial charge on any atom is -0.408 e. The molecule has 0 unspecified atom stereocenters. The summed E-state index contributed by atoms with van der Waals surface area (Å²) < 4.78 is 5.19. The molecule has 1 aliphatic rings. The lowest BCUT2D eigenvalue weighted by Gasteiger charge is -2.24. The molecule has 0 saturated carbocycles. The van der Waals surface area contributed by atoms with Crippen molar-refractivity contribution in [3.8, 4) is 11.1 Å². The van der Waals surface area contributed by atoms with Crippen LogP contribution in [0.15, 0.2) is 40.1 Å². The van der Waals surface area contributed by atoms with Gasteiger partial charge >= 0.3 is 5.76 Å². The number of primary amides is 1. The molecule has 0 bridgehead atoms. The van der Waals surface area contributed by atoms with Gasteiger partial charge in [0.1, 0.15) is 0 Å². The Morgan fingerprint density at radius 2 is 2.06 bits per heavy atom. The molecule has 2 amide bonds. The van der Waals surface area contributed by atoms with Gasteiger partial charge in [-0.3, -0.25) is 19.6 Å². The maximum absolute atomic E-state index is 13.1. The Labute approximate surface area is 178 Å². The average molecular weight is 420 g/mol. The molecule has 3 aromatic rings. The minimum atomic E-state index is -0.754. The molecule has 0 fully saturated rings. The van der Waals surface area contributed by atoms with Crippen molar-refractivity contribution >= 4 is 22.9 Å². The number of nitrogens with zero attached hydrogens (tertiary/aromatic N) is 1. The van der Waals surface area contributed by atoms with Crippen LogP contribution in [0, 0.1) is 5.92 Å². The monoisotopic (exact) mass is 420 g/mol. The number of aromatic nitrogens is 2. The summed E-state index contributed by atoms with van der Waals surface area (Å²) >= 11 is 0. The topological polar surface area (TPSA) is 131 Å². The first-order valence-corrected chi connectivity index (χ1v) is 10.1. The number of carbonyl (C=O) groups is 2. The lowest BCUT2D eigenvalue weighted by Crippen LogP contribution is -2.36. The van der Waals surface area contributed by atoms with Crippen LogP contribution in [0.4, 0.5) is 0 Å². The molecule has 0 saturated heterocycles. The Morgan fingerprint density at radius 1 is 1.32 bits per heavy atom. The number of pyridine rings is 1. The van der Waals surface area contributed by atoms with E-state index in [2.05, 4.69) is 16.9 Å². The molecule has 8 nitrogen and oxygen atoms in total. The van der Waals surface area contributed by atoms with Gasteiger partial charge in [-0.05, 0) is 43.4 Å². The summed E-state index contributed by atoms with van der Waals surface area (Å²) in [4.78, 5) is 44.7. The first-order valence-electron chi connectivity index (χ1n) is 10.1. The summed E-state index contributed by atoms with van der Waals surface area (Å²) in [5.74, 6) is -1.38. The second-order valence-corrected chi connectivity index (χ2v) is 8.50. The summed E-state index contributed by atoms with van der Waals surface area (Å²) in [5, 5.41) is 2.99. The van der Waals surface area contributed by atoms with E-state index < -0.39 is 17.2 Å². The third-order valence-corrected chi connectivity index (χ3v) is 5.52. The smallest absolute Gasteiger partial charge is 0.408 e. The molecule has 1 aliphatic heterocycles. The molecular formula is C23H24N4O4. The Hall–Kier alpha value is -3.68. The molecule has 0 aliphatic carbocycles. The van der Waals surface area contributed by atoms with Gasteiger partial charge < -0.3 is 15.5 Å². The van der Waals surface area contributed by atoms with Gasteiger partial charge in [0, 0.05) is 5.56 Å². The molecule has 1 atom stereocenters. The summed E-state index contributed by atoms with van der Waals surface area (Å²) in [6, 6.07) is 5.03. The average Bonchev–Trinajstić information content (AvgIpc) is 3.16. The molecule has 8 heteroatoms. The van der Waals surface area contributed by atoms with Crippen molar-refractivity contribution in [2.45, 2.75) is 39.2 Å². The summed E-state index contributed by atoms with van der Waals surface area (Å²) in [7, 11) is 0. The quantitative estimate of drug-likeness (QED) is 0.528. The van der Waals surface area contributed by atoms with Gasteiger partial charge in [-0.25, -0.2) is 4.79 Å². The Balaban J connectivity index is 2.11. The van der Waals surface area contributed by atoms with Crippen LogP contribution in [0.1, 0.15) is 59.3 Å². The van der Waals surface area contributed by atoms with E-state index in [0.29, 0.717) is 52.0 Å². The summed E-state index contributed by atoms with van der Waals surface area (Å²) in [5.41, 5.74) is 8.46. The molecule has 0 spiro atoms. The predicted octanol–water partition coefficient (Wildman–Crippen LogP) is 3.02. The van der Waals surface area contributed by atoms with Crippen molar-refractivity contribution in [1.82, 2.24) is 15.3 Å². The van der Waals surface area contributed by atoms with Gasteiger partial charge in [0.2, 0.25) is 0 Å². The van der Waals surface area contributed by atoms with Crippen molar-refractivity contribution in [2.75, 3.05) is 0 Å². The highest BCUT2D eigenvalue weighted by molar-refractivity contribution is 6.12. The number of H-pyrrole nitrogens is 1. The number of carbonyl (C=O) groups excluding carboxylic acids is 2. The number of nitrogens with two attached hydrogens (primary N) is 1. The van der Waals surface area contributed by atoms with Crippen LogP contribution in [0.25, 0.3) is 22.2 Å². The Bertz CT molecular complexity index is 1300. The lowest BCUT2D eigenvalue weighted by molar-refractivity contribution is 0.0935. The number of fused-ring (bicyclic) bond motifs is 2. The molecule has 160 valence electrons. The van der Waals surface area contributed by atoms with Gasteiger partial charge in [0.15, 0.2) is 5.58 Å². The highest BCUT2D eigenvalue weighted by Gasteiger charge is 2.43. The fraction of sp³-hybridized carbons (Fsp3) is 0.304. The molecular weight excluding hydrogens is 396 g/mol. The zero-order valence-electron chi connectivity index (χ0n) is 17.7. The van der Waals surface area contributed by atoms with Gasteiger partial charge in [-0.15, -0.1) is 6.58 Å². The van der Waals surface area contributed by atoms with E-state index in [1.165, 1.54) is 0 Å². The molecule has 1 aromatic carbocycles. The highest BCUT2D eigenvalue weighted by atomic mass is 16.4. The van der Waals surface area contributed by atoms with E-state index in [4.69, 9.17) is 15.1 Å². The normalized spacial score (nSPS) is 17.7. The van der Waals surface area contributed by atoms with Crippen LogP contribution >= 0.6 is 0 Å². The number of nitrogens with one attached hydrogen (secondary N) is 2. The number of oxazole rings is 1. The second kappa shape index (κ2) is 7.23. The zero-order chi connectivity index (χ0) is 22.5. The van der Waals surface area contributed by atoms with E-state index in [9.17, 15) is 14.4 Å². The summed E-state index contributed by atoms with van der Waals surface area (Å²) in [6.45, 7) is 9.72. The Kier molecular flexibility index (Phi) is 4.80. The number of benzene rings is 1. The van der Waals surface area contributed by atoms with Crippen molar-refractivity contribution in [2.24, 2.45) is 11.7 Å². The number of aromatic amines is 1. The Morgan fingerprint density at radius 3 is 2.71 bits per heavy atom. The fourth-order valence-corrected chi connectivity index (χ4v) is 4.25. The summed E-state index contributed by atoms with van der Waals surface area (Å²) in [6.07, 6.45) is 2.71. The molecule has 0 radical (unpaired) electrons. The van der Waals surface area contributed by atoms with E-state index in [1.807, 2.05) is 20.8 Å². The van der Waals surface area contributed by atoms with Crippen LogP contribution < -0.4 is 16.8 Å². The van der Waals surface area contributed by atoms with Crippen molar-refractivity contribution < 1.29 is 14.0 Å². The number of hydrogen-bond acceptors (Lipinski definition) is 5. The van der Waals surface area contributed by atoms with E-state index >= 15 is 0 Å². The molecule has 31 heavy (non-hydrogen) atoms. The van der Waals surface area contributed by atoms with Crippen molar-refractivity contribution in [1.29, 1.82) is 0 Å². The third-order valence-electron chi connectivity index (χ3n) is 5.52. The first-order chi connectivity index (χ1) is 14.6. The molecule has 4 N–H and O–H groups in total. The van der Waals surface area contributed by atoms with E-state index in [0.717, 1.165) is 0 Å². The zero-order valence-corrected chi connectivity index (χ0v) is 17.7. The molecule has 4 rings (SSSR count). The maximum atomic E-state index is 13.1. The molecule has 3 heterocycles. The van der Waals surface area contributed by atoms with Crippen LogP contribution in [-0.2, 0) is 12.0 Å². The van der Waals surface area contributed by atoms with Gasteiger partial charge in [0.05, 0.1) is 33.6 Å². The van der Waals surface area contributed by atoms with E-state index in [-0.39, 0.29) is 17.4 Å². The standard InChI is InChI=1S/C23H24N4O4/c1-5-8-23(4)19-18(21(29)27-23)16(17(20(24)28)14(25-19)9-11(2)3)12-6-7-13-15(10-12)31-22(30)26-13/h5-7,10-11H,1,8-9H2,2-4H3,(H2,24,28)(H,26,30)(H,27,29)/t23-/m0/s1. The van der Waals surface area contributed by atoms with Crippen LogP contribution in [-0.4, -0.2) is 21.8 Å². The van der Waals surface area contributed by atoms with Crippen LogP contribution in [0.5, 0.6) is 0 Å². The highest BCUT2D eigenvalue weighted by Crippen LogP contribution is 2.41. The van der Waals surface area contributed by atoms with Crippen molar-refractivity contribution in [3.05, 3.63) is 63.9 Å². The minimum absolute atomic E-state index is 0.206. The fourth-order valence-electron chi connectivity index (χ4n) is 4.25. The SMILES string of the molecule is C=CC[C@]1(C)NC(=O)c2c1nc(CC(C)C)c(C(N)=O)c2-c1ccc2[nH]c(=O)oc2c1. The second-order valence-electron chi connectivity index (χ2n) is 8.50. The van der Waals surface area contributed by atoms with Gasteiger partial charge in [0.25, 0.3) is 11.8 Å². The van der Waals surface area contributed by atoms with E-state index in [1.54, 1.807) is 24.3 Å². The number of rotatable bonds is 6. The van der Waals surface area contributed by atoms with Crippen LogP contribution in [0.3, 0.4) is 0 Å². The van der Waals surface area contributed by atoms with Crippen molar-refractivity contribution in [3.63, 3.8) is 0 Å². The van der Waals surface area contributed by atoms with Crippen LogP contribution in [0.2, 0.25) is 0 Å². The first kappa shape index (κ1) is 20.6. The predicted molar refractivity (Wildman–Crippen MR) is 117 cm³/mol. The third kappa shape index (κ3) is 3.34. The van der Waals surface area contributed by atoms with Gasteiger partial charge in [-0.2, -0.15) is 0 Å². The molecule has 2 aromatic heterocycles. The lowest BCUT2D eigenvalue weighted by atomic mass is 9.86. The van der Waals surface area contributed by atoms with Gasteiger partial charge in [-0.1, -0.05) is 26.0 Å². The largest absolute Gasteiger partial charge is 0.417 e.